The van der Waals surface area contributed by atoms with Crippen LogP contribution in [0.2, 0.25) is 0 Å². The molecule has 138 valence electrons. The normalized spacial score (nSPS) is 15.9. The van der Waals surface area contributed by atoms with Crippen molar-refractivity contribution in [2.24, 2.45) is 0 Å². The molecule has 0 bridgehead atoms. The van der Waals surface area contributed by atoms with Crippen LogP contribution in [-0.2, 0) is 6.54 Å². The highest BCUT2D eigenvalue weighted by molar-refractivity contribution is 6.08. The molecule has 0 aliphatic carbocycles. The summed E-state index contributed by atoms with van der Waals surface area (Å²) in [6, 6.07) is 21.6. The number of rotatable bonds is 3. The SMILES string of the molecule is CCn1c2ccccc2c2cc(C3Oc4ccccc4C=C3[N+](=O)[O-])ccc21. The molecule has 0 saturated carbocycles. The molecule has 4 aromatic rings. The molecule has 0 radical (unpaired) electrons. The minimum absolute atomic E-state index is 0.0530. The number of ether oxygens (including phenoxy) is 1. The number of benzene rings is 3. The zero-order chi connectivity index (χ0) is 19.3. The topological polar surface area (TPSA) is 57.3 Å². The highest BCUT2D eigenvalue weighted by atomic mass is 16.6. The predicted molar refractivity (Wildman–Crippen MR) is 110 cm³/mol. The summed E-state index contributed by atoms with van der Waals surface area (Å²) in [6.07, 6.45) is 0.876. The van der Waals surface area contributed by atoms with Crippen molar-refractivity contribution < 1.29 is 9.66 Å². The van der Waals surface area contributed by atoms with Gasteiger partial charge in [0.1, 0.15) is 5.75 Å². The van der Waals surface area contributed by atoms with Crippen LogP contribution < -0.4 is 4.74 Å². The molecule has 5 nitrogen and oxygen atoms in total. The lowest BCUT2D eigenvalue weighted by atomic mass is 9.99. The Bertz CT molecular complexity index is 1270. The highest BCUT2D eigenvalue weighted by Gasteiger charge is 2.33. The van der Waals surface area contributed by atoms with Gasteiger partial charge in [-0.15, -0.1) is 0 Å². The van der Waals surface area contributed by atoms with E-state index in [-0.39, 0.29) is 10.6 Å². The molecule has 28 heavy (non-hydrogen) atoms. The number of aromatic nitrogens is 1. The van der Waals surface area contributed by atoms with Crippen LogP contribution >= 0.6 is 0 Å². The molecule has 5 rings (SSSR count). The smallest absolute Gasteiger partial charge is 0.291 e. The number of hydrogen-bond acceptors (Lipinski definition) is 3. The molecule has 0 saturated heterocycles. The Morgan fingerprint density at radius 3 is 2.57 bits per heavy atom. The van der Waals surface area contributed by atoms with E-state index in [1.165, 1.54) is 0 Å². The fraction of sp³-hybridized carbons (Fsp3) is 0.130. The van der Waals surface area contributed by atoms with Crippen molar-refractivity contribution in [2.45, 2.75) is 19.6 Å². The Morgan fingerprint density at radius 2 is 1.75 bits per heavy atom. The second kappa shape index (κ2) is 6.23. The molecular weight excluding hydrogens is 352 g/mol. The largest absolute Gasteiger partial charge is 0.474 e. The lowest BCUT2D eigenvalue weighted by molar-refractivity contribution is -0.434. The fourth-order valence-corrected chi connectivity index (χ4v) is 4.09. The number of nitrogens with zero attached hydrogens (tertiary/aromatic N) is 2. The van der Waals surface area contributed by atoms with Crippen LogP contribution in [0.4, 0.5) is 0 Å². The molecule has 3 aromatic carbocycles. The van der Waals surface area contributed by atoms with Crippen molar-refractivity contribution >= 4 is 27.9 Å². The second-order valence-electron chi connectivity index (χ2n) is 6.90. The Hall–Kier alpha value is -3.60. The van der Waals surface area contributed by atoms with Gasteiger partial charge >= 0.3 is 0 Å². The molecule has 1 aliphatic rings. The van der Waals surface area contributed by atoms with E-state index in [1.54, 1.807) is 6.08 Å². The summed E-state index contributed by atoms with van der Waals surface area (Å²) in [5.74, 6) is 0.661. The van der Waals surface area contributed by atoms with E-state index in [0.717, 1.165) is 39.5 Å². The van der Waals surface area contributed by atoms with Gasteiger partial charge in [-0.1, -0.05) is 42.5 Å². The fourth-order valence-electron chi connectivity index (χ4n) is 4.09. The average molecular weight is 370 g/mol. The van der Waals surface area contributed by atoms with Crippen LogP contribution in [0.15, 0.2) is 72.4 Å². The monoisotopic (exact) mass is 370 g/mol. The number of hydrogen-bond donors (Lipinski definition) is 0. The lowest BCUT2D eigenvalue weighted by Gasteiger charge is -2.22. The van der Waals surface area contributed by atoms with E-state index in [4.69, 9.17) is 4.74 Å². The Balaban J connectivity index is 1.71. The maximum absolute atomic E-state index is 11.7. The van der Waals surface area contributed by atoms with Gasteiger partial charge in [0.25, 0.3) is 5.70 Å². The molecular formula is C23H18N2O3. The van der Waals surface area contributed by atoms with Crippen LogP contribution in [0.25, 0.3) is 27.9 Å². The standard InChI is InChI=1S/C23H18N2O3/c1-2-24-19-9-5-4-8-17(19)18-13-16(11-12-20(18)24)23-21(25(26)27)14-15-7-3-6-10-22(15)28-23/h3-14,23H,2H2,1H3. The Kier molecular flexibility index (Phi) is 3.69. The summed E-state index contributed by atoms with van der Waals surface area (Å²) in [7, 11) is 0. The first-order chi connectivity index (χ1) is 13.7. The maximum Gasteiger partial charge on any atom is 0.291 e. The third-order valence-corrected chi connectivity index (χ3v) is 5.36. The molecule has 2 heterocycles. The zero-order valence-electron chi connectivity index (χ0n) is 15.3. The Morgan fingerprint density at radius 1 is 1.00 bits per heavy atom. The minimum atomic E-state index is -0.738. The van der Waals surface area contributed by atoms with Crippen LogP contribution in [0, 0.1) is 10.1 Å². The van der Waals surface area contributed by atoms with Crippen molar-refractivity contribution in [2.75, 3.05) is 0 Å². The summed E-state index contributed by atoms with van der Waals surface area (Å²) in [5, 5.41) is 14.0. The van der Waals surface area contributed by atoms with Gasteiger partial charge in [-0.05, 0) is 31.2 Å². The first kappa shape index (κ1) is 16.6. The third kappa shape index (κ3) is 2.40. The Labute approximate surface area is 161 Å². The summed E-state index contributed by atoms with van der Waals surface area (Å²) in [6.45, 7) is 2.98. The van der Waals surface area contributed by atoms with E-state index >= 15 is 0 Å². The van der Waals surface area contributed by atoms with Crippen molar-refractivity contribution in [1.82, 2.24) is 4.57 Å². The van der Waals surface area contributed by atoms with Crippen LogP contribution in [0.5, 0.6) is 5.75 Å². The van der Waals surface area contributed by atoms with Gasteiger partial charge in [0.15, 0.2) is 0 Å². The first-order valence-corrected chi connectivity index (χ1v) is 9.30. The summed E-state index contributed by atoms with van der Waals surface area (Å²) >= 11 is 0. The van der Waals surface area contributed by atoms with Gasteiger partial charge in [0.2, 0.25) is 6.10 Å². The number of aryl methyl sites for hydroxylation is 1. The quantitative estimate of drug-likeness (QED) is 0.350. The van der Waals surface area contributed by atoms with Gasteiger partial charge in [-0.25, -0.2) is 0 Å². The van der Waals surface area contributed by atoms with Crippen molar-refractivity contribution in [1.29, 1.82) is 0 Å². The number of fused-ring (bicyclic) bond motifs is 4. The van der Waals surface area contributed by atoms with Gasteiger partial charge in [-0.2, -0.15) is 0 Å². The second-order valence-corrected chi connectivity index (χ2v) is 6.90. The molecule has 0 amide bonds. The average Bonchev–Trinajstić information content (AvgIpc) is 3.05. The number of nitro groups is 1. The van der Waals surface area contributed by atoms with Crippen molar-refractivity contribution in [3.05, 3.63) is 93.7 Å². The molecule has 0 spiro atoms. The van der Waals surface area contributed by atoms with Crippen LogP contribution in [0.1, 0.15) is 24.2 Å². The molecule has 0 fully saturated rings. The molecule has 0 N–H and O–H groups in total. The van der Waals surface area contributed by atoms with Crippen molar-refractivity contribution in [3.63, 3.8) is 0 Å². The minimum Gasteiger partial charge on any atom is -0.474 e. The maximum atomic E-state index is 11.7. The van der Waals surface area contributed by atoms with E-state index in [0.29, 0.717) is 5.75 Å². The molecule has 5 heteroatoms. The summed E-state index contributed by atoms with van der Waals surface area (Å²) < 4.78 is 8.33. The summed E-state index contributed by atoms with van der Waals surface area (Å²) in [5.41, 5.74) is 3.85. The van der Waals surface area contributed by atoms with E-state index in [2.05, 4.69) is 23.6 Å². The molecule has 1 aromatic heterocycles. The predicted octanol–water partition coefficient (Wildman–Crippen LogP) is 5.57. The van der Waals surface area contributed by atoms with Gasteiger partial charge in [-0.3, -0.25) is 10.1 Å². The third-order valence-electron chi connectivity index (χ3n) is 5.36. The van der Waals surface area contributed by atoms with E-state index < -0.39 is 6.10 Å². The van der Waals surface area contributed by atoms with Gasteiger partial charge in [0.05, 0.1) is 4.92 Å². The zero-order valence-corrected chi connectivity index (χ0v) is 15.3. The molecule has 1 atom stereocenters. The lowest BCUT2D eigenvalue weighted by Crippen LogP contribution is -2.19. The highest BCUT2D eigenvalue weighted by Crippen LogP contribution is 2.39. The van der Waals surface area contributed by atoms with Crippen LogP contribution in [0.3, 0.4) is 0 Å². The first-order valence-electron chi connectivity index (χ1n) is 9.30. The van der Waals surface area contributed by atoms with Gasteiger partial charge in [0, 0.05) is 45.6 Å². The molecule has 1 aliphatic heterocycles. The van der Waals surface area contributed by atoms with E-state index in [9.17, 15) is 10.1 Å². The van der Waals surface area contributed by atoms with E-state index in [1.807, 2.05) is 54.6 Å². The van der Waals surface area contributed by atoms with Crippen LogP contribution in [-0.4, -0.2) is 9.49 Å². The molecule has 1 unspecified atom stereocenters. The summed E-state index contributed by atoms with van der Waals surface area (Å²) in [4.78, 5) is 11.4. The van der Waals surface area contributed by atoms with Gasteiger partial charge < -0.3 is 9.30 Å². The van der Waals surface area contributed by atoms with Crippen molar-refractivity contribution in [3.8, 4) is 5.75 Å². The number of para-hydroxylation sites is 2.